The summed E-state index contributed by atoms with van der Waals surface area (Å²) in [6, 6.07) is 21.0. The van der Waals surface area contributed by atoms with Gasteiger partial charge < -0.3 is 10.2 Å². The van der Waals surface area contributed by atoms with E-state index in [9.17, 15) is 13.2 Å². The second-order valence-corrected chi connectivity index (χ2v) is 9.81. The van der Waals surface area contributed by atoms with Gasteiger partial charge in [0.2, 0.25) is 0 Å². The van der Waals surface area contributed by atoms with Gasteiger partial charge in [-0.05, 0) is 54.3 Å². The molecule has 0 unspecified atom stereocenters. The van der Waals surface area contributed by atoms with Crippen molar-refractivity contribution >= 4 is 21.4 Å². The van der Waals surface area contributed by atoms with Gasteiger partial charge in [-0.1, -0.05) is 48.5 Å². The lowest BCUT2D eigenvalue weighted by Gasteiger charge is -2.18. The number of sulfone groups is 1. The number of aryl methyl sites for hydroxylation is 1. The Bertz CT molecular complexity index is 1170. The topological polar surface area (TPSA) is 66.5 Å². The fourth-order valence-corrected chi connectivity index (χ4v) is 4.78. The summed E-state index contributed by atoms with van der Waals surface area (Å²) in [5.41, 5.74) is 4.94. The van der Waals surface area contributed by atoms with E-state index in [1.165, 1.54) is 6.26 Å². The first-order chi connectivity index (χ1) is 14.7. The van der Waals surface area contributed by atoms with Crippen LogP contribution in [0.1, 0.15) is 32.6 Å². The second-order valence-electron chi connectivity index (χ2n) is 7.85. The highest BCUT2D eigenvalue weighted by atomic mass is 32.2. The first-order valence-corrected chi connectivity index (χ1v) is 12.0. The van der Waals surface area contributed by atoms with Crippen LogP contribution in [-0.2, 0) is 22.9 Å². The predicted octanol–water partition coefficient (Wildman–Crippen LogP) is 4.59. The van der Waals surface area contributed by atoms with Gasteiger partial charge in [0.25, 0.3) is 5.91 Å². The number of amides is 1. The average Bonchev–Trinajstić information content (AvgIpc) is 2.74. The molecule has 3 aromatic rings. The maximum absolute atomic E-state index is 12.7. The molecule has 0 bridgehead atoms. The van der Waals surface area contributed by atoms with Crippen LogP contribution < -0.4 is 5.32 Å². The number of carbonyl (C=O) groups excluding carboxylic acids is 1. The summed E-state index contributed by atoms with van der Waals surface area (Å²) in [6.07, 6.45) is 1.23. The van der Waals surface area contributed by atoms with E-state index in [-0.39, 0.29) is 5.91 Å². The Morgan fingerprint density at radius 2 is 1.55 bits per heavy atom. The van der Waals surface area contributed by atoms with Gasteiger partial charge in [0.15, 0.2) is 9.84 Å². The van der Waals surface area contributed by atoms with E-state index in [1.54, 1.807) is 30.1 Å². The molecular formula is C25H28N2O3S. The van der Waals surface area contributed by atoms with Crippen LogP contribution in [0.25, 0.3) is 0 Å². The summed E-state index contributed by atoms with van der Waals surface area (Å²) in [7, 11) is -1.57. The molecule has 3 aromatic carbocycles. The van der Waals surface area contributed by atoms with Crippen molar-refractivity contribution in [3.05, 3.63) is 94.5 Å². The van der Waals surface area contributed by atoms with Crippen LogP contribution in [0.15, 0.2) is 71.6 Å². The molecule has 1 amide bonds. The highest BCUT2D eigenvalue weighted by Gasteiger charge is 2.18. The Labute approximate surface area is 184 Å². The molecule has 0 saturated heterocycles. The summed E-state index contributed by atoms with van der Waals surface area (Å²) in [4.78, 5) is 14.7. The smallest absolute Gasteiger partial charge is 0.253 e. The lowest BCUT2D eigenvalue weighted by molar-refractivity contribution is 0.0785. The fourth-order valence-electron chi connectivity index (χ4n) is 3.52. The van der Waals surface area contributed by atoms with Crippen LogP contribution in [0.4, 0.5) is 5.69 Å². The summed E-state index contributed by atoms with van der Waals surface area (Å²) in [5, 5.41) is 3.23. The molecule has 1 N–H and O–H groups in total. The largest absolute Gasteiger partial charge is 0.380 e. The number of hydrogen-bond donors (Lipinski definition) is 1. The third-order valence-corrected chi connectivity index (χ3v) is 6.61. The van der Waals surface area contributed by atoms with E-state index in [0.29, 0.717) is 29.2 Å². The molecule has 0 fully saturated rings. The predicted molar refractivity (Wildman–Crippen MR) is 125 cm³/mol. The van der Waals surface area contributed by atoms with Crippen molar-refractivity contribution in [2.75, 3.05) is 18.6 Å². The van der Waals surface area contributed by atoms with Crippen molar-refractivity contribution in [3.63, 3.8) is 0 Å². The molecule has 6 heteroatoms. The molecule has 0 aromatic heterocycles. The number of nitrogens with zero attached hydrogens (tertiary/aromatic N) is 1. The lowest BCUT2D eigenvalue weighted by atomic mass is 10.1. The molecule has 0 aliphatic carbocycles. The minimum Gasteiger partial charge on any atom is -0.380 e. The van der Waals surface area contributed by atoms with Gasteiger partial charge in [-0.25, -0.2) is 8.42 Å². The first-order valence-electron chi connectivity index (χ1n) is 10.1. The van der Waals surface area contributed by atoms with Crippen molar-refractivity contribution in [2.24, 2.45) is 0 Å². The maximum Gasteiger partial charge on any atom is 0.253 e. The van der Waals surface area contributed by atoms with Gasteiger partial charge >= 0.3 is 0 Å². The monoisotopic (exact) mass is 436 g/mol. The van der Waals surface area contributed by atoms with E-state index in [2.05, 4.69) is 5.32 Å². The molecule has 0 aliphatic heterocycles. The number of anilines is 1. The molecule has 0 heterocycles. The second kappa shape index (κ2) is 9.35. The Morgan fingerprint density at radius 1 is 0.903 bits per heavy atom. The summed E-state index contributed by atoms with van der Waals surface area (Å²) in [5.74, 6) is -0.0446. The van der Waals surface area contributed by atoms with E-state index in [1.807, 2.05) is 62.4 Å². The molecule has 31 heavy (non-hydrogen) atoms. The molecule has 0 spiro atoms. The zero-order chi connectivity index (χ0) is 22.6. The Hall–Kier alpha value is -3.12. The number of nitrogens with one attached hydrogen (secondary N) is 1. The Kier molecular flexibility index (Phi) is 6.81. The molecule has 0 saturated carbocycles. The molecular weight excluding hydrogens is 408 g/mol. The van der Waals surface area contributed by atoms with Crippen molar-refractivity contribution in [1.82, 2.24) is 4.90 Å². The van der Waals surface area contributed by atoms with Gasteiger partial charge in [0, 0.05) is 32.0 Å². The number of rotatable bonds is 7. The molecule has 162 valence electrons. The van der Waals surface area contributed by atoms with Crippen LogP contribution in [0.3, 0.4) is 0 Å². The SMILES string of the molecule is Cc1ccc(NCc2ccc(C(=O)N(C)Cc3ccccc3)cc2)c(S(C)(=O)=O)c1C. The van der Waals surface area contributed by atoms with Crippen LogP contribution >= 0.6 is 0 Å². The fraction of sp³-hybridized carbons (Fsp3) is 0.240. The minimum absolute atomic E-state index is 0.0446. The molecule has 0 atom stereocenters. The van der Waals surface area contributed by atoms with E-state index in [4.69, 9.17) is 0 Å². The van der Waals surface area contributed by atoms with Gasteiger partial charge in [0.05, 0.1) is 10.6 Å². The Balaban J connectivity index is 1.69. The van der Waals surface area contributed by atoms with Crippen molar-refractivity contribution < 1.29 is 13.2 Å². The lowest BCUT2D eigenvalue weighted by Crippen LogP contribution is -2.26. The van der Waals surface area contributed by atoms with Gasteiger partial charge in [-0.15, -0.1) is 0 Å². The van der Waals surface area contributed by atoms with E-state index < -0.39 is 9.84 Å². The van der Waals surface area contributed by atoms with Gasteiger partial charge in [-0.3, -0.25) is 4.79 Å². The van der Waals surface area contributed by atoms with Crippen molar-refractivity contribution in [1.29, 1.82) is 0 Å². The maximum atomic E-state index is 12.7. The summed E-state index contributed by atoms with van der Waals surface area (Å²) >= 11 is 0. The zero-order valence-corrected chi connectivity index (χ0v) is 19.2. The van der Waals surface area contributed by atoms with Crippen LogP contribution in [0.5, 0.6) is 0 Å². The third-order valence-electron chi connectivity index (χ3n) is 5.34. The molecule has 0 aliphatic rings. The van der Waals surface area contributed by atoms with E-state index >= 15 is 0 Å². The normalized spacial score (nSPS) is 11.2. The van der Waals surface area contributed by atoms with Gasteiger partial charge in [-0.2, -0.15) is 0 Å². The quantitative estimate of drug-likeness (QED) is 0.588. The van der Waals surface area contributed by atoms with Crippen LogP contribution in [0, 0.1) is 13.8 Å². The van der Waals surface area contributed by atoms with E-state index in [0.717, 1.165) is 22.3 Å². The minimum atomic E-state index is -3.36. The van der Waals surface area contributed by atoms with Crippen molar-refractivity contribution in [2.45, 2.75) is 31.8 Å². The first kappa shape index (κ1) is 22.6. The highest BCUT2D eigenvalue weighted by molar-refractivity contribution is 7.91. The van der Waals surface area contributed by atoms with Crippen LogP contribution in [-0.4, -0.2) is 32.5 Å². The average molecular weight is 437 g/mol. The number of hydrogen-bond acceptors (Lipinski definition) is 4. The standard InChI is InChI=1S/C25H28N2O3S/c1-18-10-15-23(24(19(18)2)31(4,29)30)26-16-20-11-13-22(14-12-20)25(28)27(3)17-21-8-6-5-7-9-21/h5-15,26H,16-17H2,1-4H3. The third kappa shape index (κ3) is 5.52. The number of carbonyl (C=O) groups is 1. The van der Waals surface area contributed by atoms with Crippen LogP contribution in [0.2, 0.25) is 0 Å². The van der Waals surface area contributed by atoms with Crippen molar-refractivity contribution in [3.8, 4) is 0 Å². The highest BCUT2D eigenvalue weighted by Crippen LogP contribution is 2.28. The molecule has 5 nitrogen and oxygen atoms in total. The van der Waals surface area contributed by atoms with Gasteiger partial charge in [0.1, 0.15) is 0 Å². The molecule has 3 rings (SSSR count). The zero-order valence-electron chi connectivity index (χ0n) is 18.3. The summed E-state index contributed by atoms with van der Waals surface area (Å²) < 4.78 is 24.5. The Morgan fingerprint density at radius 3 is 2.16 bits per heavy atom. The summed E-state index contributed by atoms with van der Waals surface area (Å²) in [6.45, 7) is 4.73. The molecule has 0 radical (unpaired) electrons. The number of benzene rings is 3.